The van der Waals surface area contributed by atoms with Crippen LogP contribution in [0.15, 0.2) is 18.2 Å². The molecule has 2 rings (SSSR count). The molecule has 4 N–H and O–H groups in total. The Morgan fingerprint density at radius 3 is 2.84 bits per heavy atom. The first-order chi connectivity index (χ1) is 8.94. The summed E-state index contributed by atoms with van der Waals surface area (Å²) in [6.07, 6.45) is 0.723. The number of likely N-dealkylation sites (tertiary alicyclic amines) is 1. The number of primary amides is 1. The Balaban J connectivity index is 2.09. The zero-order chi connectivity index (χ0) is 14.0. The molecule has 5 heteroatoms. The Morgan fingerprint density at radius 1 is 1.53 bits per heavy atom. The largest absolute Gasteiger partial charge is 0.369 e. The lowest BCUT2D eigenvalue weighted by Gasteiger charge is -2.21. The van der Waals surface area contributed by atoms with E-state index in [1.54, 1.807) is 12.1 Å². The third-order valence-corrected chi connectivity index (χ3v) is 3.89. The number of hydrogen-bond acceptors (Lipinski definition) is 3. The van der Waals surface area contributed by atoms with Gasteiger partial charge in [-0.05, 0) is 31.5 Å². The molecule has 104 valence electrons. The van der Waals surface area contributed by atoms with Crippen LogP contribution in [0.25, 0.3) is 0 Å². The van der Waals surface area contributed by atoms with Gasteiger partial charge in [0.1, 0.15) is 5.82 Å². The monoisotopic (exact) mass is 265 g/mol. The number of benzene rings is 1. The van der Waals surface area contributed by atoms with Gasteiger partial charge in [-0.15, -0.1) is 0 Å². The SMILES string of the molecule is CC1(C(N)=O)CCN(Cc2cc(CN)ccc2F)C1. The van der Waals surface area contributed by atoms with Crippen molar-refractivity contribution in [2.75, 3.05) is 13.1 Å². The van der Waals surface area contributed by atoms with Crippen LogP contribution in [0.2, 0.25) is 0 Å². The lowest BCUT2D eigenvalue weighted by molar-refractivity contribution is -0.126. The molecule has 1 heterocycles. The van der Waals surface area contributed by atoms with Gasteiger partial charge in [-0.25, -0.2) is 4.39 Å². The van der Waals surface area contributed by atoms with E-state index in [1.807, 2.05) is 6.92 Å². The van der Waals surface area contributed by atoms with Crippen LogP contribution in [0.4, 0.5) is 4.39 Å². The summed E-state index contributed by atoms with van der Waals surface area (Å²) in [6, 6.07) is 4.92. The molecule has 1 aliphatic heterocycles. The van der Waals surface area contributed by atoms with E-state index in [-0.39, 0.29) is 11.7 Å². The minimum absolute atomic E-state index is 0.232. The van der Waals surface area contributed by atoms with Crippen LogP contribution in [0.5, 0.6) is 0 Å². The Hall–Kier alpha value is -1.46. The highest BCUT2D eigenvalue weighted by Crippen LogP contribution is 2.30. The fourth-order valence-electron chi connectivity index (χ4n) is 2.51. The zero-order valence-electron chi connectivity index (χ0n) is 11.2. The fourth-order valence-corrected chi connectivity index (χ4v) is 2.51. The van der Waals surface area contributed by atoms with Gasteiger partial charge in [-0.2, -0.15) is 0 Å². The number of amides is 1. The smallest absolute Gasteiger partial charge is 0.224 e. The van der Waals surface area contributed by atoms with Crippen LogP contribution >= 0.6 is 0 Å². The van der Waals surface area contributed by atoms with Crippen LogP contribution in [-0.2, 0) is 17.9 Å². The van der Waals surface area contributed by atoms with Crippen molar-refractivity contribution in [3.63, 3.8) is 0 Å². The molecule has 1 atom stereocenters. The number of carbonyl (C=O) groups excluding carboxylic acids is 1. The summed E-state index contributed by atoms with van der Waals surface area (Å²) in [7, 11) is 0. The van der Waals surface area contributed by atoms with Crippen molar-refractivity contribution in [2.45, 2.75) is 26.4 Å². The maximum atomic E-state index is 13.8. The molecule has 0 spiro atoms. The van der Waals surface area contributed by atoms with Crippen molar-refractivity contribution in [3.05, 3.63) is 35.1 Å². The molecule has 1 aliphatic rings. The number of carbonyl (C=O) groups is 1. The predicted molar refractivity (Wildman–Crippen MR) is 71.5 cm³/mol. The van der Waals surface area contributed by atoms with Crippen LogP contribution in [0.1, 0.15) is 24.5 Å². The molecule has 0 radical (unpaired) electrons. The van der Waals surface area contributed by atoms with Gasteiger partial charge in [0.25, 0.3) is 0 Å². The molecule has 19 heavy (non-hydrogen) atoms. The van der Waals surface area contributed by atoms with Crippen LogP contribution in [-0.4, -0.2) is 23.9 Å². The first-order valence-corrected chi connectivity index (χ1v) is 6.44. The van der Waals surface area contributed by atoms with Gasteiger partial charge in [0.05, 0.1) is 5.41 Å². The third-order valence-electron chi connectivity index (χ3n) is 3.89. The standard InChI is InChI=1S/C14H20FN3O/c1-14(13(17)19)4-5-18(9-14)8-11-6-10(7-16)2-3-12(11)15/h2-3,6H,4-5,7-9,16H2,1H3,(H2,17,19). The van der Waals surface area contributed by atoms with E-state index in [4.69, 9.17) is 11.5 Å². The van der Waals surface area contributed by atoms with Gasteiger partial charge in [-0.1, -0.05) is 12.1 Å². The van der Waals surface area contributed by atoms with E-state index < -0.39 is 5.41 Å². The molecule has 0 saturated carbocycles. The average molecular weight is 265 g/mol. The third kappa shape index (κ3) is 2.93. The second-order valence-electron chi connectivity index (χ2n) is 5.52. The summed E-state index contributed by atoms with van der Waals surface area (Å²) in [5.74, 6) is -0.518. The van der Waals surface area contributed by atoms with Gasteiger partial charge >= 0.3 is 0 Å². The summed E-state index contributed by atoms with van der Waals surface area (Å²) in [4.78, 5) is 13.5. The molecule has 1 saturated heterocycles. The number of halogens is 1. The summed E-state index contributed by atoms with van der Waals surface area (Å²) >= 11 is 0. The highest BCUT2D eigenvalue weighted by molar-refractivity contribution is 5.81. The first-order valence-electron chi connectivity index (χ1n) is 6.44. The van der Waals surface area contributed by atoms with Crippen molar-refractivity contribution in [1.29, 1.82) is 0 Å². The average Bonchev–Trinajstić information content (AvgIpc) is 2.75. The van der Waals surface area contributed by atoms with E-state index in [0.29, 0.717) is 25.2 Å². The fraction of sp³-hybridized carbons (Fsp3) is 0.500. The number of rotatable bonds is 4. The lowest BCUT2D eigenvalue weighted by atomic mass is 9.89. The second kappa shape index (κ2) is 5.27. The molecule has 4 nitrogen and oxygen atoms in total. The van der Waals surface area contributed by atoms with Gasteiger partial charge < -0.3 is 11.5 Å². The topological polar surface area (TPSA) is 72.4 Å². The van der Waals surface area contributed by atoms with Crippen molar-refractivity contribution in [3.8, 4) is 0 Å². The highest BCUT2D eigenvalue weighted by Gasteiger charge is 2.38. The maximum absolute atomic E-state index is 13.8. The van der Waals surface area contributed by atoms with Crippen LogP contribution < -0.4 is 11.5 Å². The van der Waals surface area contributed by atoms with Crippen LogP contribution in [0.3, 0.4) is 0 Å². The molecule has 0 bridgehead atoms. The van der Waals surface area contributed by atoms with Crippen molar-refractivity contribution in [1.82, 2.24) is 4.90 Å². The van der Waals surface area contributed by atoms with E-state index >= 15 is 0 Å². The van der Waals surface area contributed by atoms with E-state index in [0.717, 1.165) is 18.5 Å². The van der Waals surface area contributed by atoms with E-state index in [2.05, 4.69) is 4.90 Å². The zero-order valence-corrected chi connectivity index (χ0v) is 11.2. The number of hydrogen-bond donors (Lipinski definition) is 2. The van der Waals surface area contributed by atoms with Gasteiger partial charge in [0, 0.05) is 25.2 Å². The Kier molecular flexibility index (Phi) is 3.87. The highest BCUT2D eigenvalue weighted by atomic mass is 19.1. The first kappa shape index (κ1) is 14.0. The minimum atomic E-state index is -0.498. The van der Waals surface area contributed by atoms with Crippen LogP contribution in [0, 0.1) is 11.2 Å². The summed E-state index contributed by atoms with van der Waals surface area (Å²) in [5, 5.41) is 0. The quantitative estimate of drug-likeness (QED) is 0.852. The van der Waals surface area contributed by atoms with Gasteiger partial charge in [0.2, 0.25) is 5.91 Å². The van der Waals surface area contributed by atoms with E-state index in [9.17, 15) is 9.18 Å². The minimum Gasteiger partial charge on any atom is -0.369 e. The van der Waals surface area contributed by atoms with Gasteiger partial charge in [-0.3, -0.25) is 9.69 Å². The molecule has 0 aromatic heterocycles. The normalized spacial score (nSPS) is 23.7. The Bertz CT molecular complexity index is 492. The second-order valence-corrected chi connectivity index (χ2v) is 5.52. The summed E-state index contributed by atoms with van der Waals surface area (Å²) in [5.41, 5.74) is 12.0. The molecule has 1 aromatic rings. The molecule has 1 aromatic carbocycles. The molecule has 1 fully saturated rings. The molecule has 0 aliphatic carbocycles. The molecular formula is C14H20FN3O. The van der Waals surface area contributed by atoms with Crippen molar-refractivity contribution >= 4 is 5.91 Å². The predicted octanol–water partition coefficient (Wildman–Crippen LogP) is 0.982. The van der Waals surface area contributed by atoms with E-state index in [1.165, 1.54) is 6.07 Å². The lowest BCUT2D eigenvalue weighted by Crippen LogP contribution is -2.37. The maximum Gasteiger partial charge on any atom is 0.224 e. The molecule has 1 amide bonds. The Morgan fingerprint density at radius 2 is 2.26 bits per heavy atom. The Labute approximate surface area is 112 Å². The van der Waals surface area contributed by atoms with Crippen molar-refractivity contribution < 1.29 is 9.18 Å². The number of nitrogens with two attached hydrogens (primary N) is 2. The molecular weight excluding hydrogens is 245 g/mol. The molecule has 1 unspecified atom stereocenters. The number of nitrogens with zero attached hydrogens (tertiary/aromatic N) is 1. The summed E-state index contributed by atoms with van der Waals surface area (Å²) in [6.45, 7) is 4.08. The summed E-state index contributed by atoms with van der Waals surface area (Å²) < 4.78 is 13.8. The van der Waals surface area contributed by atoms with Crippen molar-refractivity contribution in [2.24, 2.45) is 16.9 Å². The van der Waals surface area contributed by atoms with Gasteiger partial charge in [0.15, 0.2) is 0 Å².